The lowest BCUT2D eigenvalue weighted by molar-refractivity contribution is 0.0952. The Balaban J connectivity index is 2.34. The molecule has 0 spiro atoms. The maximum Gasteiger partial charge on any atom is 0.251 e. The zero-order valence-electron chi connectivity index (χ0n) is 10.6. The minimum absolute atomic E-state index is 0.188. The lowest BCUT2D eigenvalue weighted by Crippen LogP contribution is -2.25. The summed E-state index contributed by atoms with van der Waals surface area (Å²) in [6.45, 7) is 2.46. The van der Waals surface area contributed by atoms with Crippen molar-refractivity contribution in [3.8, 4) is 0 Å². The van der Waals surface area contributed by atoms with E-state index in [4.69, 9.17) is 0 Å². The number of rotatable bonds is 7. The van der Waals surface area contributed by atoms with Crippen LogP contribution in [-0.4, -0.2) is 17.8 Å². The van der Waals surface area contributed by atoms with Crippen LogP contribution in [0.15, 0.2) is 18.2 Å². The lowest BCUT2D eigenvalue weighted by atomic mass is 10.1. The van der Waals surface area contributed by atoms with Crippen LogP contribution in [0.25, 0.3) is 0 Å². The second kappa shape index (κ2) is 8.25. The molecule has 0 radical (unpaired) electrons. The highest BCUT2D eigenvalue weighted by molar-refractivity contribution is 9.09. The third-order valence-corrected chi connectivity index (χ3v) is 3.35. The van der Waals surface area contributed by atoms with Gasteiger partial charge in [-0.3, -0.25) is 4.79 Å². The molecule has 18 heavy (non-hydrogen) atoms. The van der Waals surface area contributed by atoms with Crippen LogP contribution in [0.2, 0.25) is 0 Å². The van der Waals surface area contributed by atoms with Gasteiger partial charge in [-0.05, 0) is 37.5 Å². The first-order chi connectivity index (χ1) is 8.65. The first-order valence-corrected chi connectivity index (χ1v) is 7.37. The number of halogens is 2. The molecule has 0 aliphatic rings. The van der Waals surface area contributed by atoms with Gasteiger partial charge >= 0.3 is 0 Å². The highest BCUT2D eigenvalue weighted by Crippen LogP contribution is 2.10. The van der Waals surface area contributed by atoms with Crippen molar-refractivity contribution in [1.82, 2.24) is 5.32 Å². The van der Waals surface area contributed by atoms with E-state index < -0.39 is 0 Å². The van der Waals surface area contributed by atoms with E-state index in [0.717, 1.165) is 30.2 Å². The summed E-state index contributed by atoms with van der Waals surface area (Å²) < 4.78 is 13.1. The van der Waals surface area contributed by atoms with Gasteiger partial charge in [-0.2, -0.15) is 0 Å². The smallest absolute Gasteiger partial charge is 0.251 e. The van der Waals surface area contributed by atoms with Gasteiger partial charge in [-0.1, -0.05) is 34.8 Å². The number of aryl methyl sites for hydroxylation is 1. The van der Waals surface area contributed by atoms with Crippen LogP contribution in [-0.2, 0) is 0 Å². The Morgan fingerprint density at radius 1 is 1.28 bits per heavy atom. The van der Waals surface area contributed by atoms with Gasteiger partial charge in [-0.15, -0.1) is 0 Å². The Morgan fingerprint density at radius 3 is 2.72 bits per heavy atom. The summed E-state index contributed by atoms with van der Waals surface area (Å²) in [5.41, 5.74) is 1.23. The molecule has 1 amide bonds. The fraction of sp³-hybridized carbons (Fsp3) is 0.500. The minimum atomic E-state index is -0.372. The largest absolute Gasteiger partial charge is 0.352 e. The molecule has 0 bridgehead atoms. The summed E-state index contributed by atoms with van der Waals surface area (Å²) in [6.07, 6.45) is 4.40. The summed E-state index contributed by atoms with van der Waals surface area (Å²) in [5.74, 6) is -0.560. The summed E-state index contributed by atoms with van der Waals surface area (Å²) in [7, 11) is 0. The zero-order chi connectivity index (χ0) is 13.4. The van der Waals surface area contributed by atoms with Crippen LogP contribution in [0.5, 0.6) is 0 Å². The van der Waals surface area contributed by atoms with Gasteiger partial charge < -0.3 is 5.32 Å². The second-order valence-electron chi connectivity index (χ2n) is 4.32. The van der Waals surface area contributed by atoms with Gasteiger partial charge in [0.1, 0.15) is 5.82 Å². The fourth-order valence-corrected chi connectivity index (χ4v) is 2.11. The van der Waals surface area contributed by atoms with E-state index in [2.05, 4.69) is 21.2 Å². The molecule has 0 saturated carbocycles. The maximum atomic E-state index is 13.1. The second-order valence-corrected chi connectivity index (χ2v) is 5.11. The molecule has 0 aliphatic carbocycles. The standard InChI is InChI=1S/C14H19BrFNO/c1-11-6-7-12(16)10-13(11)14(18)17-9-5-3-2-4-8-15/h6-7,10H,2-5,8-9H2,1H3,(H,17,18). The number of carbonyl (C=O) groups is 1. The van der Waals surface area contributed by atoms with Crippen LogP contribution in [0.1, 0.15) is 41.6 Å². The third kappa shape index (κ3) is 5.17. The van der Waals surface area contributed by atoms with Crippen molar-refractivity contribution in [2.24, 2.45) is 0 Å². The number of unbranched alkanes of at least 4 members (excludes halogenated alkanes) is 3. The number of nitrogens with one attached hydrogen (secondary N) is 1. The number of amides is 1. The Hall–Kier alpha value is -0.900. The van der Waals surface area contributed by atoms with E-state index in [0.29, 0.717) is 12.1 Å². The van der Waals surface area contributed by atoms with Gasteiger partial charge in [0, 0.05) is 17.4 Å². The van der Waals surface area contributed by atoms with Crippen molar-refractivity contribution in [2.45, 2.75) is 32.6 Å². The van der Waals surface area contributed by atoms with Gasteiger partial charge in [0.25, 0.3) is 5.91 Å². The summed E-state index contributed by atoms with van der Waals surface area (Å²) in [5, 5.41) is 3.86. The Bertz CT molecular complexity index is 395. The Kier molecular flexibility index (Phi) is 6.94. The molecule has 1 aromatic carbocycles. The van der Waals surface area contributed by atoms with Crippen molar-refractivity contribution in [2.75, 3.05) is 11.9 Å². The van der Waals surface area contributed by atoms with Crippen molar-refractivity contribution in [1.29, 1.82) is 0 Å². The van der Waals surface area contributed by atoms with Crippen molar-refractivity contribution in [3.05, 3.63) is 35.1 Å². The molecular formula is C14H19BrFNO. The van der Waals surface area contributed by atoms with Gasteiger partial charge in [0.05, 0.1) is 0 Å². The molecule has 1 aromatic rings. The van der Waals surface area contributed by atoms with Crippen molar-refractivity contribution >= 4 is 21.8 Å². The predicted molar refractivity (Wildman–Crippen MR) is 75.7 cm³/mol. The molecule has 0 saturated heterocycles. The number of alkyl halides is 1. The quantitative estimate of drug-likeness (QED) is 0.601. The van der Waals surface area contributed by atoms with E-state index >= 15 is 0 Å². The average Bonchev–Trinajstić information content (AvgIpc) is 2.36. The van der Waals surface area contributed by atoms with Crippen LogP contribution >= 0.6 is 15.9 Å². The lowest BCUT2D eigenvalue weighted by Gasteiger charge is -2.07. The molecule has 0 heterocycles. The van der Waals surface area contributed by atoms with Crippen LogP contribution in [0.4, 0.5) is 4.39 Å². The molecule has 0 unspecified atom stereocenters. The van der Waals surface area contributed by atoms with Crippen LogP contribution in [0, 0.1) is 12.7 Å². The van der Waals surface area contributed by atoms with Crippen molar-refractivity contribution < 1.29 is 9.18 Å². The predicted octanol–water partition coefficient (Wildman–Crippen LogP) is 3.82. The number of benzene rings is 1. The Morgan fingerprint density at radius 2 is 2.00 bits per heavy atom. The topological polar surface area (TPSA) is 29.1 Å². The maximum absolute atomic E-state index is 13.1. The average molecular weight is 316 g/mol. The van der Waals surface area contributed by atoms with Crippen LogP contribution in [0.3, 0.4) is 0 Å². The molecule has 1 rings (SSSR count). The molecule has 2 nitrogen and oxygen atoms in total. The molecule has 4 heteroatoms. The highest BCUT2D eigenvalue weighted by Gasteiger charge is 2.09. The van der Waals surface area contributed by atoms with Gasteiger partial charge in [-0.25, -0.2) is 4.39 Å². The van der Waals surface area contributed by atoms with E-state index in [9.17, 15) is 9.18 Å². The molecule has 1 N–H and O–H groups in total. The van der Waals surface area contributed by atoms with E-state index in [1.54, 1.807) is 6.07 Å². The summed E-state index contributed by atoms with van der Waals surface area (Å²) in [4.78, 5) is 11.8. The molecule has 100 valence electrons. The molecule has 0 aliphatic heterocycles. The van der Waals surface area contributed by atoms with Crippen molar-refractivity contribution in [3.63, 3.8) is 0 Å². The monoisotopic (exact) mass is 315 g/mol. The minimum Gasteiger partial charge on any atom is -0.352 e. The molecule has 0 aromatic heterocycles. The SMILES string of the molecule is Cc1ccc(F)cc1C(=O)NCCCCCCBr. The van der Waals surface area contributed by atoms with E-state index in [-0.39, 0.29) is 11.7 Å². The van der Waals surface area contributed by atoms with E-state index in [1.165, 1.54) is 18.6 Å². The number of carbonyl (C=O) groups excluding carboxylic acids is 1. The number of hydrogen-bond acceptors (Lipinski definition) is 1. The first kappa shape index (κ1) is 15.2. The fourth-order valence-electron chi connectivity index (χ4n) is 1.71. The zero-order valence-corrected chi connectivity index (χ0v) is 12.2. The van der Waals surface area contributed by atoms with E-state index in [1.807, 2.05) is 6.92 Å². The van der Waals surface area contributed by atoms with Gasteiger partial charge in [0.2, 0.25) is 0 Å². The molecule has 0 atom stereocenters. The number of hydrogen-bond donors (Lipinski definition) is 1. The Labute approximate surface area is 116 Å². The first-order valence-electron chi connectivity index (χ1n) is 6.25. The van der Waals surface area contributed by atoms with Gasteiger partial charge in [0.15, 0.2) is 0 Å². The summed E-state index contributed by atoms with van der Waals surface area (Å²) in [6, 6.07) is 4.28. The normalized spacial score (nSPS) is 10.4. The highest BCUT2D eigenvalue weighted by atomic mass is 79.9. The summed E-state index contributed by atoms with van der Waals surface area (Å²) >= 11 is 3.38. The third-order valence-electron chi connectivity index (χ3n) is 2.79. The van der Waals surface area contributed by atoms with Crippen LogP contribution < -0.4 is 5.32 Å². The molecular weight excluding hydrogens is 297 g/mol. The molecule has 0 fully saturated rings.